The Balaban J connectivity index is 2.27. The minimum atomic E-state index is -4.25. The number of nitrogens with zero attached hydrogens (tertiary/aromatic N) is 2. The maximum atomic E-state index is 12.5. The Morgan fingerprint density at radius 2 is 1.50 bits per heavy atom. The number of aromatic nitrogens is 2. The van der Waals surface area contributed by atoms with Crippen molar-refractivity contribution in [2.24, 2.45) is 0 Å². The van der Waals surface area contributed by atoms with Gasteiger partial charge in [-0.25, -0.2) is 19.5 Å². The van der Waals surface area contributed by atoms with Crippen LogP contribution in [-0.4, -0.2) is 30.3 Å². The number of carbonyl (C=O) groups is 2. The summed E-state index contributed by atoms with van der Waals surface area (Å²) in [5.74, 6) is -0.00545. The highest BCUT2D eigenvalue weighted by Gasteiger charge is 2.22. The van der Waals surface area contributed by atoms with Crippen molar-refractivity contribution in [2.45, 2.75) is 58.4 Å². The van der Waals surface area contributed by atoms with E-state index in [0.717, 1.165) is 29.1 Å². The summed E-state index contributed by atoms with van der Waals surface area (Å²) in [4.78, 5) is 31.1. The smallest absolute Gasteiger partial charge is 0.310 e. The fraction of sp³-hybridized carbons (Fsp3) is 0.400. The van der Waals surface area contributed by atoms with E-state index in [2.05, 4.69) is 20.6 Å². The fourth-order valence-electron chi connectivity index (χ4n) is 2.91. The van der Waals surface area contributed by atoms with Crippen molar-refractivity contribution in [3.05, 3.63) is 41.2 Å². The van der Waals surface area contributed by atoms with Crippen molar-refractivity contribution >= 4 is 33.5 Å². The molecular formula is C20H27N5O4S. The average Bonchev–Trinajstić information content (AvgIpc) is 2.61. The summed E-state index contributed by atoms with van der Waals surface area (Å²) in [6.07, 6.45) is 2.06. The molecule has 10 heteroatoms. The van der Waals surface area contributed by atoms with E-state index in [0.29, 0.717) is 5.69 Å². The number of rotatable bonds is 6. The molecule has 1 aromatic heterocycles. The number of anilines is 2. The van der Waals surface area contributed by atoms with E-state index in [-0.39, 0.29) is 23.6 Å². The fourth-order valence-corrected chi connectivity index (χ4v) is 3.69. The zero-order chi connectivity index (χ0) is 22.6. The molecule has 0 aliphatic carbocycles. The summed E-state index contributed by atoms with van der Waals surface area (Å²) in [7, 11) is -4.25. The molecule has 162 valence electrons. The summed E-state index contributed by atoms with van der Waals surface area (Å²) in [5, 5.41) is 4.64. The third kappa shape index (κ3) is 5.76. The minimum Gasteiger partial charge on any atom is -0.310 e. The maximum absolute atomic E-state index is 12.5. The van der Waals surface area contributed by atoms with Gasteiger partial charge in [0.15, 0.2) is 10.8 Å². The van der Waals surface area contributed by atoms with E-state index in [1.54, 1.807) is 0 Å². The first kappa shape index (κ1) is 23.3. The summed E-state index contributed by atoms with van der Waals surface area (Å²) in [6.45, 7) is 11.3. The molecule has 3 amide bonds. The molecule has 0 aliphatic rings. The number of amides is 3. The lowest BCUT2D eigenvalue weighted by Crippen LogP contribution is -2.35. The normalized spacial score (nSPS) is 11.5. The van der Waals surface area contributed by atoms with Gasteiger partial charge in [0.2, 0.25) is 5.91 Å². The maximum Gasteiger partial charge on any atom is 0.333 e. The van der Waals surface area contributed by atoms with Crippen LogP contribution >= 0.6 is 0 Å². The topological polar surface area (TPSA) is 130 Å². The van der Waals surface area contributed by atoms with Crippen molar-refractivity contribution in [2.75, 3.05) is 10.6 Å². The van der Waals surface area contributed by atoms with Crippen LogP contribution in [0.15, 0.2) is 29.6 Å². The quantitative estimate of drug-likeness (QED) is 0.639. The van der Waals surface area contributed by atoms with Gasteiger partial charge in [-0.15, -0.1) is 0 Å². The molecule has 0 spiro atoms. The van der Waals surface area contributed by atoms with Gasteiger partial charge in [0, 0.05) is 12.6 Å². The zero-order valence-corrected chi connectivity index (χ0v) is 18.7. The van der Waals surface area contributed by atoms with Gasteiger partial charge in [-0.2, -0.15) is 8.42 Å². The average molecular weight is 434 g/mol. The number of benzene rings is 1. The minimum absolute atomic E-state index is 0.105. The van der Waals surface area contributed by atoms with E-state index >= 15 is 0 Å². The molecule has 2 rings (SSSR count). The Hall–Kier alpha value is -3.01. The Morgan fingerprint density at radius 1 is 0.933 bits per heavy atom. The number of nitrogens with one attached hydrogen (secondary N) is 3. The van der Waals surface area contributed by atoms with Crippen LogP contribution in [0.5, 0.6) is 0 Å². The Bertz CT molecular complexity index is 1020. The second-order valence-electron chi connectivity index (χ2n) is 7.61. The lowest BCUT2D eigenvalue weighted by molar-refractivity contribution is -0.114. The third-order valence-corrected chi connectivity index (χ3v) is 5.48. The molecule has 0 bridgehead atoms. The zero-order valence-electron chi connectivity index (χ0n) is 17.9. The lowest BCUT2D eigenvalue weighted by atomic mass is 9.90. The molecule has 0 saturated heterocycles. The van der Waals surface area contributed by atoms with Crippen LogP contribution in [0, 0.1) is 6.92 Å². The van der Waals surface area contributed by atoms with Gasteiger partial charge >= 0.3 is 6.03 Å². The number of hydrogen-bond donors (Lipinski definition) is 3. The van der Waals surface area contributed by atoms with Crippen LogP contribution in [0.4, 0.5) is 16.3 Å². The first-order chi connectivity index (χ1) is 13.9. The third-order valence-electron chi connectivity index (χ3n) is 4.26. The van der Waals surface area contributed by atoms with E-state index in [4.69, 9.17) is 0 Å². The van der Waals surface area contributed by atoms with Crippen LogP contribution in [0.3, 0.4) is 0 Å². The summed E-state index contributed by atoms with van der Waals surface area (Å²) >= 11 is 0. The van der Waals surface area contributed by atoms with Crippen molar-refractivity contribution in [1.29, 1.82) is 0 Å². The molecule has 1 heterocycles. The Kier molecular flexibility index (Phi) is 7.14. The highest BCUT2D eigenvalue weighted by molar-refractivity contribution is 7.90. The predicted octanol–water partition coefficient (Wildman–Crippen LogP) is 3.50. The molecule has 1 aromatic carbocycles. The van der Waals surface area contributed by atoms with E-state index < -0.39 is 21.1 Å². The van der Waals surface area contributed by atoms with Crippen molar-refractivity contribution in [3.8, 4) is 0 Å². The first-order valence-electron chi connectivity index (χ1n) is 9.48. The second kappa shape index (κ2) is 9.21. The number of carbonyl (C=O) groups excluding carboxylic acids is 2. The lowest BCUT2D eigenvalue weighted by Gasteiger charge is -2.21. The highest BCUT2D eigenvalue weighted by Crippen LogP contribution is 2.33. The number of sulfonamides is 1. The van der Waals surface area contributed by atoms with Gasteiger partial charge in [0.05, 0.1) is 12.4 Å². The molecule has 0 saturated carbocycles. The van der Waals surface area contributed by atoms with Crippen molar-refractivity contribution in [1.82, 2.24) is 14.7 Å². The second-order valence-corrected chi connectivity index (χ2v) is 9.24. The standard InChI is InChI=1S/C20H27N5O4S/c1-11(2)15-7-13(5)8-16(12(3)4)19(15)24-20(27)25-30(28,29)18-10-21-17(9-22-18)23-14(6)26/h7-12H,1-6H3,(H,21,23,26)(H2,24,25,27). The molecule has 0 aliphatic heterocycles. The molecule has 9 nitrogen and oxygen atoms in total. The van der Waals surface area contributed by atoms with Crippen LogP contribution in [-0.2, 0) is 14.8 Å². The molecule has 0 atom stereocenters. The molecule has 0 fully saturated rings. The van der Waals surface area contributed by atoms with Gasteiger partial charge in [-0.1, -0.05) is 45.4 Å². The van der Waals surface area contributed by atoms with E-state index in [1.807, 2.05) is 51.5 Å². The van der Waals surface area contributed by atoms with Gasteiger partial charge in [-0.05, 0) is 29.9 Å². The number of aryl methyl sites for hydroxylation is 1. The van der Waals surface area contributed by atoms with Crippen molar-refractivity contribution < 1.29 is 18.0 Å². The molecule has 30 heavy (non-hydrogen) atoms. The number of urea groups is 1. The van der Waals surface area contributed by atoms with Crippen LogP contribution < -0.4 is 15.4 Å². The highest BCUT2D eigenvalue weighted by atomic mass is 32.2. The SMILES string of the molecule is CC(=O)Nc1cnc(S(=O)(=O)NC(=O)Nc2c(C(C)C)cc(C)cc2C(C)C)cn1. The summed E-state index contributed by atoms with van der Waals surface area (Å²) in [5.41, 5.74) is 3.51. The van der Waals surface area contributed by atoms with Gasteiger partial charge in [0.1, 0.15) is 0 Å². The number of hydrogen-bond acceptors (Lipinski definition) is 6. The molecule has 0 unspecified atom stereocenters. The molecule has 3 N–H and O–H groups in total. The van der Waals surface area contributed by atoms with Gasteiger partial charge in [-0.3, -0.25) is 4.79 Å². The molecule has 0 radical (unpaired) electrons. The summed E-state index contributed by atoms with van der Waals surface area (Å²) in [6, 6.07) is 3.06. The summed E-state index contributed by atoms with van der Waals surface area (Å²) < 4.78 is 27.0. The van der Waals surface area contributed by atoms with E-state index in [1.165, 1.54) is 6.92 Å². The van der Waals surface area contributed by atoms with Crippen LogP contribution in [0.25, 0.3) is 0 Å². The largest absolute Gasteiger partial charge is 0.333 e. The molecular weight excluding hydrogens is 406 g/mol. The monoisotopic (exact) mass is 433 g/mol. The van der Waals surface area contributed by atoms with Gasteiger partial charge in [0.25, 0.3) is 10.0 Å². The Labute approximate surface area is 176 Å². The van der Waals surface area contributed by atoms with Crippen LogP contribution in [0.1, 0.15) is 63.1 Å². The first-order valence-corrected chi connectivity index (χ1v) is 11.0. The van der Waals surface area contributed by atoms with Crippen LogP contribution in [0.2, 0.25) is 0 Å². The molecule has 2 aromatic rings. The van der Waals surface area contributed by atoms with Gasteiger partial charge < -0.3 is 10.6 Å². The Morgan fingerprint density at radius 3 is 1.93 bits per heavy atom. The van der Waals surface area contributed by atoms with Crippen molar-refractivity contribution in [3.63, 3.8) is 0 Å². The van der Waals surface area contributed by atoms with E-state index in [9.17, 15) is 18.0 Å². The predicted molar refractivity (Wildman–Crippen MR) is 115 cm³/mol.